The first-order valence-electron chi connectivity index (χ1n) is 7.56. The number of nitrogens with zero attached hydrogens (tertiary/aromatic N) is 1. The summed E-state index contributed by atoms with van der Waals surface area (Å²) in [5, 5.41) is 14.3. The van der Waals surface area contributed by atoms with Crippen molar-refractivity contribution < 1.29 is 13.9 Å². The van der Waals surface area contributed by atoms with E-state index in [-0.39, 0.29) is 29.8 Å². The van der Waals surface area contributed by atoms with Crippen molar-refractivity contribution in [2.75, 3.05) is 0 Å². The molecule has 1 aromatic rings. The number of carbonyl (C=O) groups excluding carboxylic acids is 1. The third-order valence-electron chi connectivity index (χ3n) is 3.99. The summed E-state index contributed by atoms with van der Waals surface area (Å²) < 4.78 is 19.6. The van der Waals surface area contributed by atoms with Crippen molar-refractivity contribution in [1.82, 2.24) is 10.6 Å². The van der Waals surface area contributed by atoms with Gasteiger partial charge in [-0.1, -0.05) is 0 Å². The van der Waals surface area contributed by atoms with Crippen LogP contribution in [0, 0.1) is 17.1 Å². The van der Waals surface area contributed by atoms with Gasteiger partial charge in [0.2, 0.25) is 0 Å². The summed E-state index contributed by atoms with van der Waals surface area (Å²) in [6.07, 6.45) is 0.700. The van der Waals surface area contributed by atoms with Crippen LogP contribution in [0.4, 0.5) is 9.18 Å². The van der Waals surface area contributed by atoms with Gasteiger partial charge < -0.3 is 15.4 Å². The number of benzene rings is 1. The van der Waals surface area contributed by atoms with Gasteiger partial charge >= 0.3 is 6.03 Å². The first-order chi connectivity index (χ1) is 10.6. The van der Waals surface area contributed by atoms with Crippen LogP contribution in [0.5, 0.6) is 0 Å². The van der Waals surface area contributed by atoms with Gasteiger partial charge in [0.05, 0.1) is 28.9 Å². The highest BCUT2D eigenvalue weighted by molar-refractivity contribution is 5.74. The molecule has 6 heteroatoms. The van der Waals surface area contributed by atoms with Crippen molar-refractivity contribution in [2.24, 2.45) is 0 Å². The molecule has 1 aromatic carbocycles. The van der Waals surface area contributed by atoms with Gasteiger partial charge in [-0.05, 0) is 52.3 Å². The van der Waals surface area contributed by atoms with E-state index in [1.807, 2.05) is 33.8 Å². The van der Waals surface area contributed by atoms with Gasteiger partial charge in [-0.15, -0.1) is 0 Å². The van der Waals surface area contributed by atoms with E-state index in [9.17, 15) is 9.18 Å². The summed E-state index contributed by atoms with van der Waals surface area (Å²) in [6, 6.07) is 5.49. The number of nitriles is 1. The third kappa shape index (κ3) is 4.20. The van der Waals surface area contributed by atoms with Crippen LogP contribution in [0.2, 0.25) is 0 Å². The van der Waals surface area contributed by atoms with Gasteiger partial charge in [0.25, 0.3) is 0 Å². The number of rotatable bonds is 3. The maximum atomic E-state index is 13.7. The zero-order chi connectivity index (χ0) is 17.3. The van der Waals surface area contributed by atoms with Crippen molar-refractivity contribution in [1.29, 1.82) is 5.26 Å². The Hall–Kier alpha value is -2.13. The topological polar surface area (TPSA) is 74.2 Å². The maximum absolute atomic E-state index is 13.7. The smallest absolute Gasteiger partial charge is 0.315 e. The van der Waals surface area contributed by atoms with Crippen LogP contribution in [0.25, 0.3) is 0 Å². The first-order valence-corrected chi connectivity index (χ1v) is 7.56. The van der Waals surface area contributed by atoms with Gasteiger partial charge in [-0.2, -0.15) is 5.26 Å². The van der Waals surface area contributed by atoms with Crippen LogP contribution >= 0.6 is 0 Å². The first kappa shape index (κ1) is 17.2. The van der Waals surface area contributed by atoms with Crippen molar-refractivity contribution in [3.05, 3.63) is 35.1 Å². The van der Waals surface area contributed by atoms with E-state index >= 15 is 0 Å². The third-order valence-corrected chi connectivity index (χ3v) is 3.99. The Bertz CT molecular complexity index is 650. The van der Waals surface area contributed by atoms with Crippen LogP contribution in [-0.4, -0.2) is 23.3 Å². The zero-order valence-corrected chi connectivity index (χ0v) is 13.9. The largest absolute Gasteiger partial charge is 0.367 e. The van der Waals surface area contributed by atoms with Crippen molar-refractivity contribution in [3.8, 4) is 6.07 Å². The Balaban J connectivity index is 1.95. The number of carbonyl (C=O) groups is 1. The van der Waals surface area contributed by atoms with Gasteiger partial charge in [0.1, 0.15) is 5.82 Å². The highest BCUT2D eigenvalue weighted by atomic mass is 19.1. The fourth-order valence-electron chi connectivity index (χ4n) is 2.95. The molecule has 1 heterocycles. The van der Waals surface area contributed by atoms with E-state index in [2.05, 4.69) is 10.6 Å². The number of amides is 2. The lowest BCUT2D eigenvalue weighted by Gasteiger charge is -2.27. The molecule has 0 unspecified atom stereocenters. The Morgan fingerprint density at radius 1 is 1.43 bits per heavy atom. The summed E-state index contributed by atoms with van der Waals surface area (Å²) in [5.41, 5.74) is -0.126. The fourth-order valence-corrected chi connectivity index (χ4v) is 2.95. The minimum Gasteiger partial charge on any atom is -0.367 e. The van der Waals surface area contributed by atoms with Crippen molar-refractivity contribution in [2.45, 2.75) is 57.9 Å². The molecule has 0 aliphatic carbocycles. The lowest BCUT2D eigenvalue weighted by Crippen LogP contribution is -2.49. The molecule has 0 saturated carbocycles. The predicted molar refractivity (Wildman–Crippen MR) is 84.1 cm³/mol. The molecule has 0 aromatic heterocycles. The summed E-state index contributed by atoms with van der Waals surface area (Å²) in [5.74, 6) is -0.449. The lowest BCUT2D eigenvalue weighted by atomic mass is 9.95. The summed E-state index contributed by atoms with van der Waals surface area (Å²) in [7, 11) is 0. The van der Waals surface area contributed by atoms with Gasteiger partial charge in [0.15, 0.2) is 0 Å². The molecule has 1 aliphatic heterocycles. The average Bonchev–Trinajstić information content (AvgIpc) is 2.65. The van der Waals surface area contributed by atoms with E-state index in [1.54, 1.807) is 0 Å². The Labute approximate surface area is 135 Å². The van der Waals surface area contributed by atoms with Crippen LogP contribution in [0.3, 0.4) is 0 Å². The predicted octanol–water partition coefficient (Wildman–Crippen LogP) is 2.84. The zero-order valence-electron chi connectivity index (χ0n) is 13.9. The molecular formula is C17H22FN3O2. The van der Waals surface area contributed by atoms with E-state index in [0.717, 1.165) is 0 Å². The minimum absolute atomic E-state index is 0.0184. The molecule has 0 bridgehead atoms. The number of urea groups is 1. The van der Waals surface area contributed by atoms with Crippen molar-refractivity contribution in [3.63, 3.8) is 0 Å². The maximum Gasteiger partial charge on any atom is 0.315 e. The second kappa shape index (κ2) is 6.17. The van der Waals surface area contributed by atoms with Crippen LogP contribution in [0.15, 0.2) is 18.2 Å². The highest BCUT2D eigenvalue weighted by Crippen LogP contribution is 2.37. The molecule has 1 fully saturated rings. The van der Waals surface area contributed by atoms with E-state index in [4.69, 9.17) is 10.00 Å². The molecular weight excluding hydrogens is 297 g/mol. The lowest BCUT2D eigenvalue weighted by molar-refractivity contribution is -0.0690. The monoisotopic (exact) mass is 319 g/mol. The van der Waals surface area contributed by atoms with E-state index in [1.165, 1.54) is 18.2 Å². The number of nitrogens with one attached hydrogen (secondary N) is 2. The summed E-state index contributed by atoms with van der Waals surface area (Å²) in [6.45, 7) is 7.85. The van der Waals surface area contributed by atoms with Crippen LogP contribution < -0.4 is 10.6 Å². The standard InChI is InChI=1S/C17H22FN3O2/c1-16(2)8-14(17(3,4)23-16)21-15(22)20-10-12-7-11(9-19)5-6-13(12)18/h5-7,14H,8,10H2,1-4H3,(H2,20,21,22)/t14-/m1/s1. The molecule has 2 amide bonds. The Morgan fingerprint density at radius 3 is 2.70 bits per heavy atom. The Morgan fingerprint density at radius 2 is 2.13 bits per heavy atom. The van der Waals surface area contributed by atoms with Crippen LogP contribution in [-0.2, 0) is 11.3 Å². The summed E-state index contributed by atoms with van der Waals surface area (Å²) >= 11 is 0. The van der Waals surface area contributed by atoms with Gasteiger partial charge in [0, 0.05) is 12.1 Å². The second-order valence-electron chi connectivity index (χ2n) is 6.97. The molecule has 1 atom stereocenters. The molecule has 1 aliphatic rings. The molecule has 1 saturated heterocycles. The molecule has 0 radical (unpaired) electrons. The minimum atomic E-state index is -0.465. The number of halogens is 1. The quantitative estimate of drug-likeness (QED) is 0.899. The van der Waals surface area contributed by atoms with Gasteiger partial charge in [-0.3, -0.25) is 0 Å². The summed E-state index contributed by atoms with van der Waals surface area (Å²) in [4.78, 5) is 12.1. The molecule has 2 rings (SSSR count). The van der Waals surface area contributed by atoms with Crippen molar-refractivity contribution >= 4 is 6.03 Å². The number of hydrogen-bond donors (Lipinski definition) is 2. The normalized spacial score (nSPS) is 21.5. The van der Waals surface area contributed by atoms with E-state index in [0.29, 0.717) is 12.0 Å². The molecule has 23 heavy (non-hydrogen) atoms. The second-order valence-corrected chi connectivity index (χ2v) is 6.97. The Kier molecular flexibility index (Phi) is 4.62. The van der Waals surface area contributed by atoms with Gasteiger partial charge in [-0.25, -0.2) is 9.18 Å². The number of ether oxygens (including phenoxy) is 1. The average molecular weight is 319 g/mol. The fraction of sp³-hybridized carbons (Fsp3) is 0.529. The SMILES string of the molecule is CC1(C)C[C@@H](NC(=O)NCc2cc(C#N)ccc2F)C(C)(C)O1. The van der Waals surface area contributed by atoms with Crippen LogP contribution in [0.1, 0.15) is 45.2 Å². The van der Waals surface area contributed by atoms with E-state index < -0.39 is 11.4 Å². The number of hydrogen-bond acceptors (Lipinski definition) is 3. The molecule has 2 N–H and O–H groups in total. The highest BCUT2D eigenvalue weighted by Gasteiger charge is 2.46. The molecule has 5 nitrogen and oxygen atoms in total. The molecule has 124 valence electrons. The molecule has 0 spiro atoms.